The highest BCUT2D eigenvalue weighted by atomic mass is 35.5. The summed E-state index contributed by atoms with van der Waals surface area (Å²) in [5.74, 6) is 1.28. The van der Waals surface area contributed by atoms with E-state index in [1.807, 2.05) is 12.1 Å². The fraction of sp³-hybridized carbons (Fsp3) is 0.571. The Hall–Kier alpha value is -0.930. The third kappa shape index (κ3) is 2.57. The first-order valence-corrected chi connectivity index (χ1v) is 6.62. The lowest BCUT2D eigenvalue weighted by Gasteiger charge is -2.39. The smallest absolute Gasteiger partial charge is 0.179 e. The molecular weight excluding hydrogens is 250 g/mol. The van der Waals surface area contributed by atoms with Crippen LogP contribution in [-0.4, -0.2) is 19.8 Å². The van der Waals surface area contributed by atoms with Crippen molar-refractivity contribution in [3.05, 3.63) is 22.7 Å². The molecule has 0 aromatic heterocycles. The lowest BCUT2D eigenvalue weighted by Crippen LogP contribution is -2.47. The second kappa shape index (κ2) is 5.37. The van der Waals surface area contributed by atoms with Crippen LogP contribution in [0.4, 0.5) is 0 Å². The molecule has 3 nitrogen and oxygen atoms in total. The van der Waals surface area contributed by atoms with Crippen molar-refractivity contribution < 1.29 is 9.47 Å². The molecule has 0 unspecified atom stereocenters. The standard InChI is InChI=1S/C14H20ClNO2/c1-14(7-4-8-14)16-9-10-5-6-11(17-2)13(18-3)12(10)15/h5-6,16H,4,7-9H2,1-3H3. The van der Waals surface area contributed by atoms with E-state index in [0.717, 1.165) is 12.1 Å². The molecule has 18 heavy (non-hydrogen) atoms. The molecule has 1 aromatic carbocycles. The molecule has 0 spiro atoms. The molecule has 1 aromatic rings. The van der Waals surface area contributed by atoms with E-state index >= 15 is 0 Å². The molecule has 1 fully saturated rings. The minimum atomic E-state index is 0.274. The van der Waals surface area contributed by atoms with Gasteiger partial charge in [0.2, 0.25) is 0 Å². The molecule has 0 amide bonds. The average molecular weight is 270 g/mol. The van der Waals surface area contributed by atoms with Gasteiger partial charge in [0.15, 0.2) is 11.5 Å². The number of benzene rings is 1. The molecule has 0 saturated heterocycles. The zero-order valence-corrected chi connectivity index (χ0v) is 11.9. The zero-order valence-electron chi connectivity index (χ0n) is 11.2. The van der Waals surface area contributed by atoms with Crippen molar-refractivity contribution >= 4 is 11.6 Å². The molecule has 1 aliphatic carbocycles. The summed E-state index contributed by atoms with van der Waals surface area (Å²) in [7, 11) is 3.22. The minimum absolute atomic E-state index is 0.274. The number of ether oxygens (including phenoxy) is 2. The third-order valence-corrected chi connectivity index (χ3v) is 4.14. The van der Waals surface area contributed by atoms with E-state index in [9.17, 15) is 0 Å². The minimum Gasteiger partial charge on any atom is -0.493 e. The van der Waals surface area contributed by atoms with Gasteiger partial charge in [-0.1, -0.05) is 17.7 Å². The van der Waals surface area contributed by atoms with Gasteiger partial charge in [0, 0.05) is 12.1 Å². The Morgan fingerprint density at radius 2 is 2.00 bits per heavy atom. The van der Waals surface area contributed by atoms with Crippen LogP contribution in [-0.2, 0) is 6.54 Å². The van der Waals surface area contributed by atoms with Crippen LogP contribution in [0.5, 0.6) is 11.5 Å². The fourth-order valence-electron chi connectivity index (χ4n) is 2.26. The number of hydrogen-bond acceptors (Lipinski definition) is 3. The first-order valence-electron chi connectivity index (χ1n) is 6.24. The SMILES string of the molecule is COc1ccc(CNC2(C)CCC2)c(Cl)c1OC. The van der Waals surface area contributed by atoms with Gasteiger partial charge in [-0.3, -0.25) is 0 Å². The highest BCUT2D eigenvalue weighted by molar-refractivity contribution is 6.33. The van der Waals surface area contributed by atoms with Gasteiger partial charge < -0.3 is 14.8 Å². The highest BCUT2D eigenvalue weighted by Crippen LogP contribution is 2.38. The fourth-order valence-corrected chi connectivity index (χ4v) is 2.56. The molecule has 0 heterocycles. The maximum Gasteiger partial charge on any atom is 0.179 e. The van der Waals surface area contributed by atoms with E-state index in [1.165, 1.54) is 19.3 Å². The molecule has 0 radical (unpaired) electrons. The van der Waals surface area contributed by atoms with Gasteiger partial charge in [-0.25, -0.2) is 0 Å². The van der Waals surface area contributed by atoms with Gasteiger partial charge in [0.25, 0.3) is 0 Å². The summed E-state index contributed by atoms with van der Waals surface area (Å²) in [4.78, 5) is 0. The Labute approximate surface area is 113 Å². The molecule has 100 valence electrons. The third-order valence-electron chi connectivity index (χ3n) is 3.73. The van der Waals surface area contributed by atoms with Crippen LogP contribution >= 0.6 is 11.6 Å². The Morgan fingerprint density at radius 3 is 2.50 bits per heavy atom. The molecule has 2 rings (SSSR count). The van der Waals surface area contributed by atoms with Crippen molar-refractivity contribution in [1.82, 2.24) is 5.32 Å². The quantitative estimate of drug-likeness (QED) is 0.889. The van der Waals surface area contributed by atoms with Crippen LogP contribution < -0.4 is 14.8 Å². The van der Waals surface area contributed by atoms with E-state index in [2.05, 4.69) is 12.2 Å². The predicted molar refractivity (Wildman–Crippen MR) is 73.7 cm³/mol. The summed E-state index contributed by atoms with van der Waals surface area (Å²) < 4.78 is 10.5. The first-order chi connectivity index (χ1) is 8.59. The molecular formula is C14H20ClNO2. The van der Waals surface area contributed by atoms with Gasteiger partial charge in [0.05, 0.1) is 19.2 Å². The van der Waals surface area contributed by atoms with E-state index in [4.69, 9.17) is 21.1 Å². The summed E-state index contributed by atoms with van der Waals surface area (Å²) in [5.41, 5.74) is 1.32. The summed E-state index contributed by atoms with van der Waals surface area (Å²) in [6, 6.07) is 3.88. The first kappa shape index (κ1) is 13.5. The Bertz CT molecular complexity index is 430. The molecule has 1 saturated carbocycles. The van der Waals surface area contributed by atoms with E-state index in [-0.39, 0.29) is 5.54 Å². The van der Waals surface area contributed by atoms with Crippen molar-refractivity contribution in [2.24, 2.45) is 0 Å². The van der Waals surface area contributed by atoms with Crippen LogP contribution in [0.25, 0.3) is 0 Å². The van der Waals surface area contributed by atoms with Gasteiger partial charge >= 0.3 is 0 Å². The van der Waals surface area contributed by atoms with Crippen molar-refractivity contribution in [1.29, 1.82) is 0 Å². The van der Waals surface area contributed by atoms with E-state index < -0.39 is 0 Å². The van der Waals surface area contributed by atoms with Gasteiger partial charge in [-0.15, -0.1) is 0 Å². The van der Waals surface area contributed by atoms with E-state index in [0.29, 0.717) is 16.5 Å². The number of halogens is 1. The maximum absolute atomic E-state index is 6.34. The largest absolute Gasteiger partial charge is 0.493 e. The summed E-state index contributed by atoms with van der Waals surface area (Å²) in [5, 5.41) is 4.19. The second-order valence-corrected chi connectivity index (χ2v) is 5.42. The van der Waals surface area contributed by atoms with Crippen molar-refractivity contribution in [2.75, 3.05) is 14.2 Å². The zero-order chi connectivity index (χ0) is 13.2. The normalized spacial score (nSPS) is 17.1. The lowest BCUT2D eigenvalue weighted by atomic mass is 9.78. The van der Waals surface area contributed by atoms with Crippen LogP contribution in [0, 0.1) is 0 Å². The summed E-state index contributed by atoms with van der Waals surface area (Å²) in [6.45, 7) is 3.01. The molecule has 0 aliphatic heterocycles. The van der Waals surface area contributed by atoms with Crippen molar-refractivity contribution in [3.8, 4) is 11.5 Å². The van der Waals surface area contributed by atoms with Crippen LogP contribution in [0.15, 0.2) is 12.1 Å². The van der Waals surface area contributed by atoms with Gasteiger partial charge in [-0.2, -0.15) is 0 Å². The topological polar surface area (TPSA) is 30.5 Å². The molecule has 4 heteroatoms. The van der Waals surface area contributed by atoms with Crippen LogP contribution in [0.2, 0.25) is 5.02 Å². The van der Waals surface area contributed by atoms with Crippen LogP contribution in [0.1, 0.15) is 31.7 Å². The summed E-state index contributed by atoms with van der Waals surface area (Å²) >= 11 is 6.34. The molecule has 1 aliphatic rings. The number of hydrogen-bond donors (Lipinski definition) is 1. The lowest BCUT2D eigenvalue weighted by molar-refractivity contribution is 0.206. The average Bonchev–Trinajstić information content (AvgIpc) is 2.34. The monoisotopic (exact) mass is 269 g/mol. The molecule has 0 atom stereocenters. The Morgan fingerprint density at radius 1 is 1.28 bits per heavy atom. The van der Waals surface area contributed by atoms with Gasteiger partial charge in [0.1, 0.15) is 0 Å². The number of methoxy groups -OCH3 is 2. The van der Waals surface area contributed by atoms with Crippen molar-refractivity contribution in [3.63, 3.8) is 0 Å². The summed E-state index contributed by atoms with van der Waals surface area (Å²) in [6.07, 6.45) is 3.78. The van der Waals surface area contributed by atoms with Crippen molar-refractivity contribution in [2.45, 2.75) is 38.3 Å². The highest BCUT2D eigenvalue weighted by Gasteiger charge is 2.31. The second-order valence-electron chi connectivity index (χ2n) is 5.04. The van der Waals surface area contributed by atoms with Gasteiger partial charge in [-0.05, 0) is 37.8 Å². The van der Waals surface area contributed by atoms with E-state index in [1.54, 1.807) is 14.2 Å². The maximum atomic E-state index is 6.34. The number of rotatable bonds is 5. The molecule has 1 N–H and O–H groups in total. The molecule has 0 bridgehead atoms. The predicted octanol–water partition coefficient (Wildman–Crippen LogP) is 3.39. The Kier molecular flexibility index (Phi) is 4.03. The number of nitrogens with one attached hydrogen (secondary N) is 1. The van der Waals surface area contributed by atoms with Crippen LogP contribution in [0.3, 0.4) is 0 Å². The Balaban J connectivity index is 2.13.